The Hall–Kier alpha value is -2.25. The number of likely N-dealkylation sites (N-methyl/N-ethyl adjacent to an activating group) is 1. The minimum absolute atomic E-state index is 0.0211. The highest BCUT2D eigenvalue weighted by molar-refractivity contribution is 7.07. The average molecular weight is 335 g/mol. The molecule has 2 amide bonds. The van der Waals surface area contributed by atoms with Crippen LogP contribution in [0.15, 0.2) is 41.1 Å². The maximum absolute atomic E-state index is 13.1. The predicted octanol–water partition coefficient (Wildman–Crippen LogP) is 2.24. The van der Waals surface area contributed by atoms with Gasteiger partial charge in [-0.2, -0.15) is 11.3 Å². The normalized spacial score (nSPS) is 12.0. The summed E-state index contributed by atoms with van der Waals surface area (Å²) in [5, 5.41) is 8.94. The summed E-state index contributed by atoms with van der Waals surface area (Å²) in [7, 11) is 3.81. The van der Waals surface area contributed by atoms with E-state index in [1.54, 1.807) is 11.3 Å². The number of hydrogen-bond donors (Lipinski definition) is 2. The molecule has 2 rings (SSSR count). The standard InChI is InChI=1S/C16H18FN3O2S/c1-20(2)14(11-6-7-23-10-11)9-18-15(21)16(22)19-13-5-3-4-12(17)8-13/h3-8,10,14H,9H2,1-2H3,(H,18,21)(H,19,22)/t14-/m1/s1. The van der Waals surface area contributed by atoms with Gasteiger partial charge in [0.25, 0.3) is 0 Å². The zero-order valence-corrected chi connectivity index (χ0v) is 13.7. The van der Waals surface area contributed by atoms with Gasteiger partial charge in [-0.3, -0.25) is 9.59 Å². The van der Waals surface area contributed by atoms with E-state index in [-0.39, 0.29) is 11.7 Å². The second kappa shape index (κ2) is 7.85. The minimum atomic E-state index is -0.821. The van der Waals surface area contributed by atoms with E-state index in [9.17, 15) is 14.0 Å². The van der Waals surface area contributed by atoms with Crippen LogP contribution in [-0.2, 0) is 9.59 Å². The van der Waals surface area contributed by atoms with E-state index < -0.39 is 17.6 Å². The van der Waals surface area contributed by atoms with Crippen molar-refractivity contribution in [2.75, 3.05) is 26.0 Å². The number of halogens is 1. The van der Waals surface area contributed by atoms with Gasteiger partial charge >= 0.3 is 11.8 Å². The van der Waals surface area contributed by atoms with Gasteiger partial charge in [0.15, 0.2) is 0 Å². The van der Waals surface area contributed by atoms with E-state index in [0.717, 1.165) is 11.6 Å². The number of nitrogens with zero attached hydrogens (tertiary/aromatic N) is 1. The zero-order valence-electron chi connectivity index (χ0n) is 12.9. The molecule has 2 aromatic rings. The van der Waals surface area contributed by atoms with Gasteiger partial charge in [0.05, 0.1) is 6.04 Å². The molecule has 5 nitrogen and oxygen atoms in total. The fraction of sp³-hybridized carbons (Fsp3) is 0.250. The van der Waals surface area contributed by atoms with Gasteiger partial charge in [0.1, 0.15) is 5.82 Å². The molecular formula is C16H18FN3O2S. The van der Waals surface area contributed by atoms with Crippen molar-refractivity contribution >= 4 is 28.8 Å². The Kier molecular flexibility index (Phi) is 5.84. The molecule has 0 bridgehead atoms. The molecule has 0 saturated carbocycles. The lowest BCUT2D eigenvalue weighted by atomic mass is 10.1. The van der Waals surface area contributed by atoms with Crippen LogP contribution < -0.4 is 10.6 Å². The summed E-state index contributed by atoms with van der Waals surface area (Å²) < 4.78 is 13.1. The number of amides is 2. The van der Waals surface area contributed by atoms with E-state index in [4.69, 9.17) is 0 Å². The average Bonchev–Trinajstić information content (AvgIpc) is 3.01. The van der Waals surface area contributed by atoms with Crippen molar-refractivity contribution in [3.8, 4) is 0 Å². The first-order chi connectivity index (χ1) is 11.0. The Balaban J connectivity index is 1.91. The Morgan fingerprint density at radius 3 is 2.65 bits per heavy atom. The molecule has 122 valence electrons. The predicted molar refractivity (Wildman–Crippen MR) is 88.8 cm³/mol. The molecule has 1 heterocycles. The first-order valence-electron chi connectivity index (χ1n) is 7.00. The molecule has 23 heavy (non-hydrogen) atoms. The third kappa shape index (κ3) is 4.87. The Bertz CT molecular complexity index is 674. The van der Waals surface area contributed by atoms with Crippen molar-refractivity contribution in [1.29, 1.82) is 0 Å². The molecule has 0 saturated heterocycles. The topological polar surface area (TPSA) is 61.4 Å². The number of anilines is 1. The highest BCUT2D eigenvalue weighted by Crippen LogP contribution is 2.19. The highest BCUT2D eigenvalue weighted by atomic mass is 32.1. The van der Waals surface area contributed by atoms with Crippen LogP contribution in [0.2, 0.25) is 0 Å². The van der Waals surface area contributed by atoms with E-state index >= 15 is 0 Å². The van der Waals surface area contributed by atoms with E-state index in [0.29, 0.717) is 6.54 Å². The monoisotopic (exact) mass is 335 g/mol. The van der Waals surface area contributed by atoms with Gasteiger partial charge in [0.2, 0.25) is 0 Å². The number of hydrogen-bond acceptors (Lipinski definition) is 4. The lowest BCUT2D eigenvalue weighted by molar-refractivity contribution is -0.136. The summed E-state index contributed by atoms with van der Waals surface area (Å²) in [4.78, 5) is 25.7. The van der Waals surface area contributed by atoms with Crippen molar-refractivity contribution in [1.82, 2.24) is 10.2 Å². The molecule has 0 radical (unpaired) electrons. The summed E-state index contributed by atoms with van der Waals surface area (Å²) in [6.07, 6.45) is 0. The second-order valence-corrected chi connectivity index (χ2v) is 5.99. The SMILES string of the molecule is CN(C)[C@H](CNC(=O)C(=O)Nc1cccc(F)c1)c1ccsc1. The van der Waals surface area contributed by atoms with Gasteiger partial charge in [-0.15, -0.1) is 0 Å². The summed E-state index contributed by atoms with van der Waals surface area (Å²) in [6, 6.07) is 7.35. The number of rotatable bonds is 5. The molecule has 0 fully saturated rings. The Morgan fingerprint density at radius 1 is 1.26 bits per heavy atom. The molecule has 7 heteroatoms. The molecule has 0 aliphatic heterocycles. The Morgan fingerprint density at radius 2 is 2.04 bits per heavy atom. The van der Waals surface area contributed by atoms with Gasteiger partial charge in [-0.25, -0.2) is 4.39 Å². The highest BCUT2D eigenvalue weighted by Gasteiger charge is 2.19. The zero-order chi connectivity index (χ0) is 16.8. The van der Waals surface area contributed by atoms with Crippen LogP contribution in [0.1, 0.15) is 11.6 Å². The second-order valence-electron chi connectivity index (χ2n) is 5.21. The van der Waals surface area contributed by atoms with Crippen molar-refractivity contribution < 1.29 is 14.0 Å². The molecular weight excluding hydrogens is 317 g/mol. The lowest BCUT2D eigenvalue weighted by Crippen LogP contribution is -2.40. The molecule has 0 spiro atoms. The van der Waals surface area contributed by atoms with Crippen molar-refractivity contribution in [3.63, 3.8) is 0 Å². The summed E-state index contributed by atoms with van der Waals surface area (Å²) in [6.45, 7) is 0.305. The summed E-state index contributed by atoms with van der Waals surface area (Å²) >= 11 is 1.57. The van der Waals surface area contributed by atoms with Crippen molar-refractivity contribution in [2.24, 2.45) is 0 Å². The first kappa shape index (κ1) is 17.1. The lowest BCUT2D eigenvalue weighted by Gasteiger charge is -2.23. The van der Waals surface area contributed by atoms with Gasteiger partial charge < -0.3 is 15.5 Å². The van der Waals surface area contributed by atoms with Crippen LogP contribution in [0, 0.1) is 5.82 Å². The van der Waals surface area contributed by atoms with Gasteiger partial charge in [-0.1, -0.05) is 6.07 Å². The molecule has 1 aromatic carbocycles. The molecule has 2 N–H and O–H groups in total. The van der Waals surface area contributed by atoms with Crippen LogP contribution >= 0.6 is 11.3 Å². The fourth-order valence-electron chi connectivity index (χ4n) is 2.09. The molecule has 0 unspecified atom stereocenters. The largest absolute Gasteiger partial charge is 0.346 e. The summed E-state index contributed by atoms with van der Waals surface area (Å²) in [5.41, 5.74) is 1.32. The van der Waals surface area contributed by atoms with E-state index in [2.05, 4.69) is 10.6 Å². The van der Waals surface area contributed by atoms with Crippen LogP contribution in [0.25, 0.3) is 0 Å². The first-order valence-corrected chi connectivity index (χ1v) is 7.95. The fourth-order valence-corrected chi connectivity index (χ4v) is 2.79. The van der Waals surface area contributed by atoms with E-state index in [1.807, 2.05) is 35.8 Å². The van der Waals surface area contributed by atoms with Crippen molar-refractivity contribution in [2.45, 2.75) is 6.04 Å². The number of carbonyl (C=O) groups is 2. The van der Waals surface area contributed by atoms with Crippen LogP contribution in [-0.4, -0.2) is 37.4 Å². The van der Waals surface area contributed by atoms with Crippen molar-refractivity contribution in [3.05, 3.63) is 52.5 Å². The van der Waals surface area contributed by atoms with Gasteiger partial charge in [0, 0.05) is 12.2 Å². The third-order valence-corrected chi connectivity index (χ3v) is 4.00. The van der Waals surface area contributed by atoms with Gasteiger partial charge in [-0.05, 0) is 54.7 Å². The molecule has 0 aliphatic carbocycles. The number of benzene rings is 1. The maximum atomic E-state index is 13.1. The summed E-state index contributed by atoms with van der Waals surface area (Å²) in [5.74, 6) is -2.05. The van der Waals surface area contributed by atoms with Crippen LogP contribution in [0.5, 0.6) is 0 Å². The number of carbonyl (C=O) groups excluding carboxylic acids is 2. The Labute approximate surface area is 138 Å². The molecule has 0 aliphatic rings. The molecule has 1 atom stereocenters. The molecule has 1 aromatic heterocycles. The maximum Gasteiger partial charge on any atom is 0.313 e. The number of nitrogens with one attached hydrogen (secondary N) is 2. The smallest absolute Gasteiger partial charge is 0.313 e. The number of thiophene rings is 1. The van der Waals surface area contributed by atoms with E-state index in [1.165, 1.54) is 18.2 Å². The quantitative estimate of drug-likeness (QED) is 0.824. The third-order valence-electron chi connectivity index (χ3n) is 3.30. The minimum Gasteiger partial charge on any atom is -0.346 e. The van der Waals surface area contributed by atoms with Crippen LogP contribution in [0.3, 0.4) is 0 Å². The van der Waals surface area contributed by atoms with Crippen LogP contribution in [0.4, 0.5) is 10.1 Å².